The predicted octanol–water partition coefficient (Wildman–Crippen LogP) is 3.60. The lowest BCUT2D eigenvalue weighted by Gasteiger charge is -2.05. The molecule has 2 heterocycles. The van der Waals surface area contributed by atoms with Crippen LogP contribution in [-0.4, -0.2) is 15.3 Å². The normalized spacial score (nSPS) is 20.0. The first-order chi connectivity index (χ1) is 10.7. The van der Waals surface area contributed by atoms with Gasteiger partial charge in [0.25, 0.3) is 0 Å². The van der Waals surface area contributed by atoms with Gasteiger partial charge < -0.3 is 9.72 Å². The molecule has 1 aliphatic rings. The Labute approximate surface area is 128 Å². The number of rotatable bonds is 3. The minimum Gasteiger partial charge on any atom is -0.326 e. The number of nitrogens with zero attached hydrogens (tertiary/aromatic N) is 2. The fourth-order valence-electron chi connectivity index (χ4n) is 2.72. The third-order valence-corrected chi connectivity index (χ3v) is 4.26. The Hall–Kier alpha value is -2.62. The molecule has 4 heteroatoms. The van der Waals surface area contributed by atoms with Crippen LogP contribution in [0, 0.1) is 11.8 Å². The topological polar surface area (TPSA) is 46.4 Å². The van der Waals surface area contributed by atoms with Gasteiger partial charge in [0.05, 0.1) is 5.69 Å². The molecule has 0 bridgehead atoms. The number of imidazole rings is 1. The molecular formula is C18H17N3O. The number of hydrogen-bond acceptors (Lipinski definition) is 2. The quantitative estimate of drug-likeness (QED) is 0.801. The van der Waals surface area contributed by atoms with Crippen LogP contribution in [0.4, 0.5) is 5.69 Å². The smallest absolute Gasteiger partial charge is 0.227 e. The maximum Gasteiger partial charge on any atom is 0.227 e. The SMILES string of the molecule is C[C@@H]1C[C@H]1C(=O)Nc1ccc(-c2cn3ccccc3n2)cc1. The first-order valence-corrected chi connectivity index (χ1v) is 7.56. The van der Waals surface area contributed by atoms with Crippen LogP contribution in [0.5, 0.6) is 0 Å². The first kappa shape index (κ1) is 13.1. The Morgan fingerprint density at radius 2 is 2.00 bits per heavy atom. The summed E-state index contributed by atoms with van der Waals surface area (Å²) in [6.07, 6.45) is 5.00. The van der Waals surface area contributed by atoms with Crippen LogP contribution in [0.1, 0.15) is 13.3 Å². The molecule has 0 radical (unpaired) electrons. The van der Waals surface area contributed by atoms with Gasteiger partial charge in [0.2, 0.25) is 5.91 Å². The van der Waals surface area contributed by atoms with E-state index in [0.29, 0.717) is 5.92 Å². The molecule has 1 saturated carbocycles. The van der Waals surface area contributed by atoms with Gasteiger partial charge in [0, 0.05) is 29.6 Å². The summed E-state index contributed by atoms with van der Waals surface area (Å²) in [6, 6.07) is 13.8. The summed E-state index contributed by atoms with van der Waals surface area (Å²) >= 11 is 0. The fraction of sp³-hybridized carbons (Fsp3) is 0.222. The van der Waals surface area contributed by atoms with Crippen molar-refractivity contribution in [2.75, 3.05) is 5.32 Å². The standard InChI is InChI=1S/C18H17N3O/c1-12-10-15(12)18(22)19-14-7-5-13(6-8-14)16-11-21-9-3-2-4-17(21)20-16/h2-9,11-12,15H,10H2,1H3,(H,19,22)/t12-,15-/m1/s1. The molecule has 1 aromatic carbocycles. The number of aromatic nitrogens is 2. The molecular weight excluding hydrogens is 274 g/mol. The van der Waals surface area contributed by atoms with Crippen molar-refractivity contribution >= 4 is 17.2 Å². The van der Waals surface area contributed by atoms with Gasteiger partial charge in [-0.05, 0) is 36.6 Å². The van der Waals surface area contributed by atoms with Crippen LogP contribution in [0.25, 0.3) is 16.9 Å². The number of hydrogen-bond donors (Lipinski definition) is 1. The molecule has 0 saturated heterocycles. The van der Waals surface area contributed by atoms with Crippen LogP contribution < -0.4 is 5.32 Å². The number of benzene rings is 1. The average molecular weight is 291 g/mol. The van der Waals surface area contributed by atoms with Crippen molar-refractivity contribution < 1.29 is 4.79 Å². The highest BCUT2D eigenvalue weighted by molar-refractivity contribution is 5.94. The van der Waals surface area contributed by atoms with Crippen molar-refractivity contribution in [1.82, 2.24) is 9.38 Å². The Bertz CT molecular complexity index is 802. The van der Waals surface area contributed by atoms with Gasteiger partial charge in [0.15, 0.2) is 0 Å². The van der Waals surface area contributed by atoms with E-state index < -0.39 is 0 Å². The van der Waals surface area contributed by atoms with E-state index >= 15 is 0 Å². The van der Waals surface area contributed by atoms with Gasteiger partial charge in [-0.3, -0.25) is 4.79 Å². The molecule has 0 spiro atoms. The molecule has 1 amide bonds. The predicted molar refractivity (Wildman–Crippen MR) is 86.5 cm³/mol. The second kappa shape index (κ2) is 4.98. The van der Waals surface area contributed by atoms with Crippen molar-refractivity contribution in [1.29, 1.82) is 0 Å². The number of amides is 1. The van der Waals surface area contributed by atoms with Crippen molar-refractivity contribution in [3.63, 3.8) is 0 Å². The van der Waals surface area contributed by atoms with Crippen LogP contribution in [0.15, 0.2) is 54.9 Å². The van der Waals surface area contributed by atoms with E-state index in [9.17, 15) is 4.79 Å². The van der Waals surface area contributed by atoms with Gasteiger partial charge in [0.1, 0.15) is 5.65 Å². The van der Waals surface area contributed by atoms with Crippen molar-refractivity contribution in [3.05, 3.63) is 54.9 Å². The van der Waals surface area contributed by atoms with Crippen LogP contribution >= 0.6 is 0 Å². The molecule has 3 aromatic rings. The summed E-state index contributed by atoms with van der Waals surface area (Å²) in [5, 5.41) is 2.97. The Kier molecular flexibility index (Phi) is 2.96. The van der Waals surface area contributed by atoms with E-state index in [-0.39, 0.29) is 11.8 Å². The van der Waals surface area contributed by atoms with E-state index in [2.05, 4.69) is 17.2 Å². The summed E-state index contributed by atoms with van der Waals surface area (Å²) in [5.41, 5.74) is 3.75. The lowest BCUT2D eigenvalue weighted by molar-refractivity contribution is -0.117. The summed E-state index contributed by atoms with van der Waals surface area (Å²) in [4.78, 5) is 16.5. The van der Waals surface area contributed by atoms with Crippen LogP contribution in [0.3, 0.4) is 0 Å². The van der Waals surface area contributed by atoms with E-state index in [1.807, 2.05) is 59.3 Å². The molecule has 0 unspecified atom stereocenters. The van der Waals surface area contributed by atoms with Crippen molar-refractivity contribution in [3.8, 4) is 11.3 Å². The number of carbonyl (C=O) groups is 1. The highest BCUT2D eigenvalue weighted by Gasteiger charge is 2.38. The number of fused-ring (bicyclic) bond motifs is 1. The van der Waals surface area contributed by atoms with Gasteiger partial charge in [-0.15, -0.1) is 0 Å². The molecule has 4 rings (SSSR count). The molecule has 0 aliphatic heterocycles. The van der Waals surface area contributed by atoms with Crippen LogP contribution in [-0.2, 0) is 4.79 Å². The highest BCUT2D eigenvalue weighted by Crippen LogP contribution is 2.38. The number of anilines is 1. The summed E-state index contributed by atoms with van der Waals surface area (Å²) in [5.74, 6) is 0.850. The molecule has 1 aliphatic carbocycles. The second-order valence-electron chi connectivity index (χ2n) is 5.98. The maximum atomic E-state index is 11.9. The summed E-state index contributed by atoms with van der Waals surface area (Å²) in [7, 11) is 0. The van der Waals surface area contributed by atoms with Crippen LogP contribution in [0.2, 0.25) is 0 Å². The van der Waals surface area contributed by atoms with Crippen molar-refractivity contribution in [2.45, 2.75) is 13.3 Å². The minimum absolute atomic E-state index is 0.132. The average Bonchev–Trinajstić information content (AvgIpc) is 3.11. The van der Waals surface area contributed by atoms with Gasteiger partial charge in [-0.25, -0.2) is 4.98 Å². The number of nitrogens with one attached hydrogen (secondary N) is 1. The van der Waals surface area contributed by atoms with Gasteiger partial charge in [-0.2, -0.15) is 0 Å². The molecule has 2 aromatic heterocycles. The second-order valence-corrected chi connectivity index (χ2v) is 5.98. The molecule has 1 fully saturated rings. The molecule has 22 heavy (non-hydrogen) atoms. The Morgan fingerprint density at radius 1 is 1.23 bits per heavy atom. The first-order valence-electron chi connectivity index (χ1n) is 7.56. The highest BCUT2D eigenvalue weighted by atomic mass is 16.2. The largest absolute Gasteiger partial charge is 0.326 e. The van der Waals surface area contributed by atoms with Crippen molar-refractivity contribution in [2.24, 2.45) is 11.8 Å². The fourth-order valence-corrected chi connectivity index (χ4v) is 2.72. The molecule has 4 nitrogen and oxygen atoms in total. The zero-order valence-corrected chi connectivity index (χ0v) is 12.4. The monoisotopic (exact) mass is 291 g/mol. The molecule has 1 N–H and O–H groups in total. The van der Waals surface area contributed by atoms with E-state index in [1.165, 1.54) is 0 Å². The Balaban J connectivity index is 1.54. The number of pyridine rings is 1. The third kappa shape index (κ3) is 2.37. The molecule has 110 valence electrons. The summed E-state index contributed by atoms with van der Waals surface area (Å²) in [6.45, 7) is 2.11. The minimum atomic E-state index is 0.132. The van der Waals surface area contributed by atoms with E-state index in [1.54, 1.807) is 0 Å². The zero-order chi connectivity index (χ0) is 15.1. The lowest BCUT2D eigenvalue weighted by Crippen LogP contribution is -2.14. The zero-order valence-electron chi connectivity index (χ0n) is 12.4. The van der Waals surface area contributed by atoms with E-state index in [4.69, 9.17) is 0 Å². The number of carbonyl (C=O) groups excluding carboxylic acids is 1. The summed E-state index contributed by atoms with van der Waals surface area (Å²) < 4.78 is 2.00. The lowest BCUT2D eigenvalue weighted by atomic mass is 10.1. The maximum absolute atomic E-state index is 11.9. The molecule has 2 atom stereocenters. The van der Waals surface area contributed by atoms with Gasteiger partial charge in [-0.1, -0.05) is 25.1 Å². The van der Waals surface area contributed by atoms with E-state index in [0.717, 1.165) is 29.0 Å². The Morgan fingerprint density at radius 3 is 2.68 bits per heavy atom. The third-order valence-electron chi connectivity index (χ3n) is 4.26. The van der Waals surface area contributed by atoms with Gasteiger partial charge >= 0.3 is 0 Å².